The van der Waals surface area contributed by atoms with E-state index in [9.17, 15) is 10.1 Å². The number of anilines is 1. The molecule has 0 radical (unpaired) electrons. The normalized spacial score (nSPS) is 12.1. The van der Waals surface area contributed by atoms with Crippen molar-refractivity contribution in [3.05, 3.63) is 34.4 Å². The number of aliphatic imine (C=N–C) groups is 1. The molecule has 0 fully saturated rings. The molecule has 0 saturated carbocycles. The third-order valence-electron chi connectivity index (χ3n) is 2.31. The zero-order valence-corrected chi connectivity index (χ0v) is 12.0. The van der Waals surface area contributed by atoms with Crippen molar-refractivity contribution in [2.45, 2.75) is 26.3 Å². The number of guanidine groups is 1. The molecule has 7 heteroatoms. The Bertz CT molecular complexity index is 494. The van der Waals surface area contributed by atoms with E-state index in [1.54, 1.807) is 18.2 Å². The maximum Gasteiger partial charge on any atom is 0.292 e. The van der Waals surface area contributed by atoms with E-state index in [4.69, 9.17) is 5.73 Å². The zero-order chi connectivity index (χ0) is 15.2. The largest absolute Gasteiger partial charge is 0.378 e. The lowest BCUT2D eigenvalue weighted by atomic mass is 10.1. The minimum absolute atomic E-state index is 0.0530. The molecule has 0 aliphatic heterocycles. The molecule has 110 valence electrons. The van der Waals surface area contributed by atoms with E-state index >= 15 is 0 Å². The van der Waals surface area contributed by atoms with E-state index in [0.29, 0.717) is 24.7 Å². The molecule has 1 rings (SSSR count). The van der Waals surface area contributed by atoms with Gasteiger partial charge in [0.2, 0.25) is 0 Å². The number of nitrogens with zero attached hydrogens (tertiary/aromatic N) is 2. The van der Waals surface area contributed by atoms with Gasteiger partial charge in [-0.15, -0.1) is 0 Å². The van der Waals surface area contributed by atoms with Gasteiger partial charge >= 0.3 is 0 Å². The fourth-order valence-corrected chi connectivity index (χ4v) is 1.57. The van der Waals surface area contributed by atoms with Crippen LogP contribution in [-0.2, 0) is 0 Å². The summed E-state index contributed by atoms with van der Waals surface area (Å²) in [5, 5.41) is 16.8. The van der Waals surface area contributed by atoms with E-state index in [1.807, 2.05) is 20.8 Å². The standard InChI is InChI=1S/C13H21N5O2/c1-13(2,3)17-12(14)16-9-8-15-10-6-4-5-7-11(10)18(19)20/h4-7,15H,8-9H2,1-3H3,(H3,14,16,17). The van der Waals surface area contributed by atoms with Gasteiger partial charge < -0.3 is 16.4 Å². The fourth-order valence-electron chi connectivity index (χ4n) is 1.57. The van der Waals surface area contributed by atoms with Gasteiger partial charge in [-0.3, -0.25) is 15.1 Å². The van der Waals surface area contributed by atoms with Gasteiger partial charge in [-0.25, -0.2) is 0 Å². The summed E-state index contributed by atoms with van der Waals surface area (Å²) in [7, 11) is 0. The summed E-state index contributed by atoms with van der Waals surface area (Å²) in [5.74, 6) is 0.363. The molecule has 0 saturated heterocycles. The third-order valence-corrected chi connectivity index (χ3v) is 2.31. The van der Waals surface area contributed by atoms with Crippen LogP contribution in [0, 0.1) is 10.1 Å². The van der Waals surface area contributed by atoms with E-state index in [1.165, 1.54) is 6.07 Å². The maximum absolute atomic E-state index is 10.8. The molecule has 0 unspecified atom stereocenters. The van der Waals surface area contributed by atoms with Crippen molar-refractivity contribution >= 4 is 17.3 Å². The lowest BCUT2D eigenvalue weighted by molar-refractivity contribution is -0.384. The van der Waals surface area contributed by atoms with Gasteiger partial charge in [-0.2, -0.15) is 0 Å². The minimum atomic E-state index is -0.416. The molecule has 0 atom stereocenters. The van der Waals surface area contributed by atoms with Gasteiger partial charge in [0.1, 0.15) is 5.69 Å². The number of hydrogen-bond donors (Lipinski definition) is 3. The number of nitrogens with one attached hydrogen (secondary N) is 2. The SMILES string of the molecule is CC(C)(C)NC(N)=NCCNc1ccccc1[N+](=O)[O-]. The van der Waals surface area contributed by atoms with Crippen molar-refractivity contribution in [3.8, 4) is 0 Å². The Morgan fingerprint density at radius 3 is 2.65 bits per heavy atom. The molecular formula is C13H21N5O2. The quantitative estimate of drug-likeness (QED) is 0.250. The van der Waals surface area contributed by atoms with Crippen LogP contribution in [0.5, 0.6) is 0 Å². The first-order valence-electron chi connectivity index (χ1n) is 6.35. The first-order valence-corrected chi connectivity index (χ1v) is 6.35. The van der Waals surface area contributed by atoms with Crippen molar-refractivity contribution in [2.24, 2.45) is 10.7 Å². The van der Waals surface area contributed by atoms with Crippen LogP contribution in [0.4, 0.5) is 11.4 Å². The zero-order valence-electron chi connectivity index (χ0n) is 12.0. The Balaban J connectivity index is 2.49. The second kappa shape index (κ2) is 6.74. The molecule has 0 heterocycles. The number of para-hydroxylation sites is 2. The molecular weight excluding hydrogens is 258 g/mol. The first kappa shape index (κ1) is 15.7. The molecule has 7 nitrogen and oxygen atoms in total. The summed E-state index contributed by atoms with van der Waals surface area (Å²) in [6.45, 7) is 6.86. The Hall–Kier alpha value is -2.31. The highest BCUT2D eigenvalue weighted by Gasteiger charge is 2.11. The summed E-state index contributed by atoms with van der Waals surface area (Å²) < 4.78 is 0. The smallest absolute Gasteiger partial charge is 0.292 e. The molecule has 0 bridgehead atoms. The van der Waals surface area contributed by atoms with Gasteiger partial charge in [0.15, 0.2) is 5.96 Å². The van der Waals surface area contributed by atoms with Gasteiger partial charge in [-0.1, -0.05) is 12.1 Å². The molecule has 0 spiro atoms. The van der Waals surface area contributed by atoms with Crippen LogP contribution in [-0.4, -0.2) is 29.5 Å². The highest BCUT2D eigenvalue weighted by molar-refractivity contribution is 5.78. The van der Waals surface area contributed by atoms with Crippen LogP contribution >= 0.6 is 0 Å². The van der Waals surface area contributed by atoms with Crippen LogP contribution < -0.4 is 16.4 Å². The topological polar surface area (TPSA) is 106 Å². The van der Waals surface area contributed by atoms with E-state index < -0.39 is 4.92 Å². The Morgan fingerprint density at radius 1 is 1.40 bits per heavy atom. The van der Waals surface area contributed by atoms with Crippen molar-refractivity contribution in [2.75, 3.05) is 18.4 Å². The highest BCUT2D eigenvalue weighted by atomic mass is 16.6. The van der Waals surface area contributed by atoms with Crippen LogP contribution in [0.25, 0.3) is 0 Å². The predicted molar refractivity (Wildman–Crippen MR) is 81.0 cm³/mol. The van der Waals surface area contributed by atoms with Crippen LogP contribution in [0.1, 0.15) is 20.8 Å². The number of benzene rings is 1. The second-order valence-electron chi connectivity index (χ2n) is 5.34. The second-order valence-corrected chi connectivity index (χ2v) is 5.34. The average molecular weight is 279 g/mol. The summed E-state index contributed by atoms with van der Waals surface area (Å²) >= 11 is 0. The molecule has 1 aromatic rings. The van der Waals surface area contributed by atoms with Gasteiger partial charge in [0, 0.05) is 18.2 Å². The van der Waals surface area contributed by atoms with Crippen LogP contribution in [0.2, 0.25) is 0 Å². The maximum atomic E-state index is 10.8. The Kier molecular flexibility index (Phi) is 5.31. The first-order chi connectivity index (χ1) is 9.29. The molecule has 0 aliphatic rings. The number of hydrogen-bond acceptors (Lipinski definition) is 4. The summed E-state index contributed by atoms with van der Waals surface area (Å²) in [5.41, 5.74) is 6.12. The van der Waals surface area contributed by atoms with Crippen LogP contribution in [0.3, 0.4) is 0 Å². The summed E-state index contributed by atoms with van der Waals surface area (Å²) in [6, 6.07) is 6.50. The summed E-state index contributed by atoms with van der Waals surface area (Å²) in [4.78, 5) is 14.6. The number of nitro benzene ring substituents is 1. The molecule has 1 aromatic carbocycles. The van der Waals surface area contributed by atoms with Gasteiger partial charge in [0.25, 0.3) is 5.69 Å². The van der Waals surface area contributed by atoms with Gasteiger partial charge in [0.05, 0.1) is 11.5 Å². The summed E-state index contributed by atoms with van der Waals surface area (Å²) in [6.07, 6.45) is 0. The van der Waals surface area contributed by atoms with E-state index in [0.717, 1.165) is 0 Å². The molecule has 0 aromatic heterocycles. The average Bonchev–Trinajstić information content (AvgIpc) is 2.33. The Labute approximate surface area is 118 Å². The molecule has 20 heavy (non-hydrogen) atoms. The molecule has 0 aliphatic carbocycles. The Morgan fingerprint density at radius 2 is 2.05 bits per heavy atom. The van der Waals surface area contributed by atoms with Crippen molar-refractivity contribution in [3.63, 3.8) is 0 Å². The van der Waals surface area contributed by atoms with Crippen molar-refractivity contribution in [1.29, 1.82) is 0 Å². The third kappa shape index (κ3) is 5.55. The van der Waals surface area contributed by atoms with Crippen molar-refractivity contribution in [1.82, 2.24) is 5.32 Å². The van der Waals surface area contributed by atoms with E-state index in [-0.39, 0.29) is 11.2 Å². The highest BCUT2D eigenvalue weighted by Crippen LogP contribution is 2.22. The number of rotatable bonds is 5. The monoisotopic (exact) mass is 279 g/mol. The number of nitrogens with two attached hydrogens (primary N) is 1. The number of nitro groups is 1. The lowest BCUT2D eigenvalue weighted by Gasteiger charge is -2.21. The molecule has 0 amide bonds. The minimum Gasteiger partial charge on any atom is -0.378 e. The lowest BCUT2D eigenvalue weighted by Crippen LogP contribution is -2.45. The fraction of sp³-hybridized carbons (Fsp3) is 0.462. The van der Waals surface area contributed by atoms with E-state index in [2.05, 4.69) is 15.6 Å². The molecule has 4 N–H and O–H groups in total. The van der Waals surface area contributed by atoms with Crippen LogP contribution in [0.15, 0.2) is 29.3 Å². The van der Waals surface area contributed by atoms with Crippen molar-refractivity contribution < 1.29 is 4.92 Å². The van der Waals surface area contributed by atoms with Gasteiger partial charge in [-0.05, 0) is 26.8 Å². The predicted octanol–water partition coefficient (Wildman–Crippen LogP) is 1.71.